The van der Waals surface area contributed by atoms with E-state index in [4.69, 9.17) is 11.6 Å². The van der Waals surface area contributed by atoms with Crippen LogP contribution >= 0.6 is 11.6 Å². The van der Waals surface area contributed by atoms with Crippen molar-refractivity contribution in [2.24, 2.45) is 0 Å². The lowest BCUT2D eigenvalue weighted by atomic mass is 9.83. The molecule has 0 heterocycles. The Morgan fingerprint density at radius 1 is 1.28 bits per heavy atom. The molecule has 1 aromatic carbocycles. The highest BCUT2D eigenvalue weighted by Crippen LogP contribution is 2.34. The van der Waals surface area contributed by atoms with Gasteiger partial charge in [0.05, 0.1) is 11.1 Å². The maximum atomic E-state index is 9.19. The minimum atomic E-state index is 0.0174. The van der Waals surface area contributed by atoms with Crippen molar-refractivity contribution in [3.8, 4) is 6.07 Å². The molecule has 0 amide bonds. The highest BCUT2D eigenvalue weighted by atomic mass is 35.5. The van der Waals surface area contributed by atoms with E-state index in [9.17, 15) is 5.26 Å². The highest BCUT2D eigenvalue weighted by Gasteiger charge is 2.20. The zero-order chi connectivity index (χ0) is 13.8. The average Bonchev–Trinajstić information content (AvgIpc) is 2.34. The summed E-state index contributed by atoms with van der Waals surface area (Å²) < 4.78 is 0. The highest BCUT2D eigenvalue weighted by molar-refractivity contribution is 6.49. The fourth-order valence-electron chi connectivity index (χ4n) is 1.96. The normalized spacial score (nSPS) is 12.9. The molecule has 0 aliphatic carbocycles. The van der Waals surface area contributed by atoms with Crippen molar-refractivity contribution in [2.75, 3.05) is 0 Å². The van der Waals surface area contributed by atoms with Crippen molar-refractivity contribution in [1.82, 2.24) is 0 Å². The summed E-state index contributed by atoms with van der Waals surface area (Å²) in [6, 6.07) is 10.3. The van der Waals surface area contributed by atoms with Gasteiger partial charge in [-0.1, -0.05) is 70.0 Å². The first-order chi connectivity index (χ1) is 8.41. The van der Waals surface area contributed by atoms with Crippen molar-refractivity contribution >= 4 is 16.6 Å². The Kier molecular flexibility index (Phi) is 4.99. The second-order valence-corrected chi connectivity index (χ2v) is 5.83. The second-order valence-electron chi connectivity index (χ2n) is 5.45. The molecule has 0 atom stereocenters. The standard InChI is InChI=1S/C16H20ClN/c1-5-8-12(11-18)15(17)13-9-6-7-10-14(13)16(2,3)4/h6-7,9-10H,5,8H2,1-4H3/b15-12-. The minimum Gasteiger partial charge on any atom is -0.193 e. The Labute approximate surface area is 115 Å². The molecule has 0 aromatic heterocycles. The van der Waals surface area contributed by atoms with Gasteiger partial charge in [-0.05, 0) is 23.0 Å². The van der Waals surface area contributed by atoms with Gasteiger partial charge in [0.1, 0.15) is 0 Å². The van der Waals surface area contributed by atoms with Crippen LogP contribution in [0.15, 0.2) is 29.8 Å². The smallest absolute Gasteiger partial charge is 0.0962 e. The molecular formula is C16H20ClN. The van der Waals surface area contributed by atoms with Crippen LogP contribution in [0, 0.1) is 11.3 Å². The second kappa shape index (κ2) is 6.07. The predicted octanol–water partition coefficient (Wildman–Crippen LogP) is 5.26. The largest absolute Gasteiger partial charge is 0.193 e. The molecule has 96 valence electrons. The summed E-state index contributed by atoms with van der Waals surface area (Å²) in [6.45, 7) is 8.52. The zero-order valence-electron chi connectivity index (χ0n) is 11.5. The fourth-order valence-corrected chi connectivity index (χ4v) is 2.26. The van der Waals surface area contributed by atoms with Crippen molar-refractivity contribution in [3.63, 3.8) is 0 Å². The van der Waals surface area contributed by atoms with Gasteiger partial charge >= 0.3 is 0 Å². The number of hydrogen-bond donors (Lipinski definition) is 0. The van der Waals surface area contributed by atoms with E-state index in [0.29, 0.717) is 10.6 Å². The van der Waals surface area contributed by atoms with Crippen LogP contribution in [-0.2, 0) is 5.41 Å². The molecule has 1 aromatic rings. The molecule has 1 nitrogen and oxygen atoms in total. The van der Waals surface area contributed by atoms with Gasteiger partial charge in [-0.15, -0.1) is 0 Å². The Morgan fingerprint density at radius 3 is 2.39 bits per heavy atom. The molecule has 0 N–H and O–H groups in total. The number of nitriles is 1. The van der Waals surface area contributed by atoms with E-state index in [1.54, 1.807) is 0 Å². The van der Waals surface area contributed by atoms with Crippen LogP contribution in [-0.4, -0.2) is 0 Å². The first-order valence-electron chi connectivity index (χ1n) is 6.30. The van der Waals surface area contributed by atoms with Gasteiger partial charge in [0, 0.05) is 5.57 Å². The summed E-state index contributed by atoms with van der Waals surface area (Å²) in [5.74, 6) is 0. The van der Waals surface area contributed by atoms with Crippen LogP contribution in [0.25, 0.3) is 5.03 Å². The maximum Gasteiger partial charge on any atom is 0.0962 e. The number of halogens is 1. The van der Waals surface area contributed by atoms with E-state index in [2.05, 4.69) is 39.8 Å². The summed E-state index contributed by atoms with van der Waals surface area (Å²) in [5.41, 5.74) is 2.86. The topological polar surface area (TPSA) is 23.8 Å². The molecule has 0 radical (unpaired) electrons. The van der Waals surface area contributed by atoms with Gasteiger partial charge in [-0.3, -0.25) is 0 Å². The Hall–Kier alpha value is -1.26. The molecule has 1 rings (SSSR count). The number of nitrogens with zero attached hydrogens (tertiary/aromatic N) is 1. The van der Waals surface area contributed by atoms with E-state index >= 15 is 0 Å². The lowest BCUT2D eigenvalue weighted by Crippen LogP contribution is -2.13. The SMILES string of the molecule is CCC/C(C#N)=C(/Cl)c1ccccc1C(C)(C)C. The fraction of sp³-hybridized carbons (Fsp3) is 0.438. The molecular weight excluding hydrogens is 242 g/mol. The van der Waals surface area contributed by atoms with Crippen LogP contribution in [0.5, 0.6) is 0 Å². The molecule has 0 aliphatic heterocycles. The molecule has 0 saturated heterocycles. The van der Waals surface area contributed by atoms with Crippen LogP contribution in [0.3, 0.4) is 0 Å². The first kappa shape index (κ1) is 14.8. The van der Waals surface area contributed by atoms with E-state index < -0.39 is 0 Å². The number of hydrogen-bond acceptors (Lipinski definition) is 1. The molecule has 18 heavy (non-hydrogen) atoms. The molecule has 0 unspecified atom stereocenters. The maximum absolute atomic E-state index is 9.19. The number of rotatable bonds is 3. The zero-order valence-corrected chi connectivity index (χ0v) is 12.3. The quantitative estimate of drug-likeness (QED) is 0.681. The van der Waals surface area contributed by atoms with E-state index in [1.807, 2.05) is 18.2 Å². The van der Waals surface area contributed by atoms with E-state index in [1.165, 1.54) is 5.56 Å². The van der Waals surface area contributed by atoms with Gasteiger partial charge in [-0.2, -0.15) is 5.26 Å². The number of benzene rings is 1. The molecule has 0 spiro atoms. The van der Waals surface area contributed by atoms with Crippen molar-refractivity contribution in [2.45, 2.75) is 46.0 Å². The molecule has 2 heteroatoms. The van der Waals surface area contributed by atoms with Gasteiger partial charge in [0.25, 0.3) is 0 Å². The van der Waals surface area contributed by atoms with E-state index in [-0.39, 0.29) is 5.41 Å². The average molecular weight is 262 g/mol. The van der Waals surface area contributed by atoms with Crippen LogP contribution in [0.4, 0.5) is 0 Å². The van der Waals surface area contributed by atoms with E-state index in [0.717, 1.165) is 18.4 Å². The monoisotopic (exact) mass is 261 g/mol. The molecule has 0 bridgehead atoms. The van der Waals surface area contributed by atoms with Crippen LogP contribution in [0.2, 0.25) is 0 Å². The molecule has 0 saturated carbocycles. The summed E-state index contributed by atoms with van der Waals surface area (Å²) in [5, 5.41) is 9.79. The summed E-state index contributed by atoms with van der Waals surface area (Å²) in [6.07, 6.45) is 1.66. The first-order valence-corrected chi connectivity index (χ1v) is 6.68. The lowest BCUT2D eigenvalue weighted by Gasteiger charge is -2.23. The minimum absolute atomic E-state index is 0.0174. The predicted molar refractivity (Wildman–Crippen MR) is 78.4 cm³/mol. The Morgan fingerprint density at radius 2 is 1.89 bits per heavy atom. The van der Waals surface area contributed by atoms with Crippen molar-refractivity contribution < 1.29 is 0 Å². The Balaban J connectivity index is 3.38. The third-order valence-corrected chi connectivity index (χ3v) is 3.30. The number of allylic oxidation sites excluding steroid dienone is 1. The van der Waals surface area contributed by atoms with Gasteiger partial charge in [0.15, 0.2) is 0 Å². The lowest BCUT2D eigenvalue weighted by molar-refractivity contribution is 0.589. The van der Waals surface area contributed by atoms with Crippen LogP contribution < -0.4 is 0 Å². The molecule has 0 aliphatic rings. The van der Waals surface area contributed by atoms with Crippen molar-refractivity contribution in [3.05, 3.63) is 41.0 Å². The summed E-state index contributed by atoms with van der Waals surface area (Å²) >= 11 is 6.42. The third kappa shape index (κ3) is 3.37. The van der Waals surface area contributed by atoms with Crippen LogP contribution in [0.1, 0.15) is 51.7 Å². The summed E-state index contributed by atoms with van der Waals surface area (Å²) in [4.78, 5) is 0. The van der Waals surface area contributed by atoms with Gasteiger partial charge in [0.2, 0.25) is 0 Å². The van der Waals surface area contributed by atoms with Gasteiger partial charge < -0.3 is 0 Å². The Bertz CT molecular complexity index is 487. The molecule has 0 fully saturated rings. The third-order valence-electron chi connectivity index (χ3n) is 2.87. The summed E-state index contributed by atoms with van der Waals surface area (Å²) in [7, 11) is 0. The van der Waals surface area contributed by atoms with Gasteiger partial charge in [-0.25, -0.2) is 0 Å². The van der Waals surface area contributed by atoms with Crippen molar-refractivity contribution in [1.29, 1.82) is 5.26 Å².